The van der Waals surface area contributed by atoms with E-state index in [1.165, 1.54) is 25.4 Å². The first-order valence-electron chi connectivity index (χ1n) is 18.9. The maximum Gasteiger partial charge on any atom is 0.262 e. The zero-order valence-electron chi connectivity index (χ0n) is 31.7. The van der Waals surface area contributed by atoms with E-state index in [2.05, 4.69) is 30.6 Å². The number of hydrogen-bond acceptors (Lipinski definition) is 12. The van der Waals surface area contributed by atoms with Gasteiger partial charge in [0.25, 0.3) is 11.8 Å². The standard InChI is InChI=1S/C39H42FN11O6/c1-23(2)57-32-16-29-26(15-30(32)44-36(54)28-18-43-49-12-4-11-41-35(28)49)19-50(46-29)27-9-13-47(14-10-27)20-39(40)21-48(22-39)33-7-5-25(17-42-33)38(56)51(24(3)52)31-6-8-34(53)45-37(31)55/h4-5,7,11-12,15-19,23,27,31H,6,8-10,13-14,20-22H2,1-3H3,(H,44,54)(H,45,53,55). The second-order valence-corrected chi connectivity index (χ2v) is 15.2. The van der Waals surface area contributed by atoms with Gasteiger partial charge < -0.3 is 15.0 Å². The van der Waals surface area contributed by atoms with E-state index in [1.807, 2.05) is 36.9 Å². The van der Waals surface area contributed by atoms with E-state index in [-0.39, 0.29) is 56.1 Å². The van der Waals surface area contributed by atoms with Crippen molar-refractivity contribution in [1.29, 1.82) is 0 Å². The highest BCUT2D eigenvalue weighted by atomic mass is 19.1. The molecule has 7 heterocycles. The number of pyridine rings is 1. The summed E-state index contributed by atoms with van der Waals surface area (Å²) < 4.78 is 25.5. The van der Waals surface area contributed by atoms with Crippen molar-refractivity contribution in [2.75, 3.05) is 42.9 Å². The van der Waals surface area contributed by atoms with Gasteiger partial charge in [0.2, 0.25) is 17.7 Å². The Morgan fingerprint density at radius 1 is 1.09 bits per heavy atom. The predicted octanol–water partition coefficient (Wildman–Crippen LogP) is 3.17. The topological polar surface area (TPSA) is 189 Å². The fourth-order valence-electron chi connectivity index (χ4n) is 7.80. The third kappa shape index (κ3) is 7.64. The lowest BCUT2D eigenvalue weighted by molar-refractivity contribution is -0.142. The lowest BCUT2D eigenvalue weighted by atomic mass is 9.94. The largest absolute Gasteiger partial charge is 0.489 e. The summed E-state index contributed by atoms with van der Waals surface area (Å²) in [5, 5.41) is 15.1. The van der Waals surface area contributed by atoms with Crippen molar-refractivity contribution in [3.63, 3.8) is 0 Å². The average molecular weight is 780 g/mol. The Balaban J connectivity index is 0.864. The van der Waals surface area contributed by atoms with Gasteiger partial charge in [-0.25, -0.2) is 18.9 Å². The number of ether oxygens (including phenoxy) is 1. The minimum absolute atomic E-state index is 0.0233. The number of alkyl halides is 1. The molecule has 2 N–H and O–H groups in total. The number of aromatic nitrogens is 6. The van der Waals surface area contributed by atoms with E-state index < -0.39 is 35.3 Å². The van der Waals surface area contributed by atoms with Gasteiger partial charge in [-0.15, -0.1) is 0 Å². The zero-order valence-corrected chi connectivity index (χ0v) is 31.7. The number of nitrogens with zero attached hydrogens (tertiary/aromatic N) is 9. The minimum Gasteiger partial charge on any atom is -0.489 e. The SMILES string of the molecule is CC(=O)N(C(=O)c1ccc(N2CC(F)(CN3CCC(n4cc5cc(NC(=O)c6cnn7cccnc67)c(OC(C)C)cc5n4)CC3)C2)nc1)C1CCC(=O)NC1=O. The van der Waals surface area contributed by atoms with E-state index >= 15 is 4.39 Å². The lowest BCUT2D eigenvalue weighted by Gasteiger charge is -2.48. The summed E-state index contributed by atoms with van der Waals surface area (Å²) in [7, 11) is 0. The third-order valence-corrected chi connectivity index (χ3v) is 10.5. The number of carbonyl (C=O) groups is 5. The second-order valence-electron chi connectivity index (χ2n) is 15.2. The molecule has 3 aliphatic rings. The number of rotatable bonds is 10. The van der Waals surface area contributed by atoms with Crippen LogP contribution < -0.4 is 20.3 Å². The predicted molar refractivity (Wildman–Crippen MR) is 204 cm³/mol. The van der Waals surface area contributed by atoms with Crippen molar-refractivity contribution >= 4 is 57.6 Å². The fourth-order valence-corrected chi connectivity index (χ4v) is 7.80. The third-order valence-electron chi connectivity index (χ3n) is 10.5. The van der Waals surface area contributed by atoms with Gasteiger partial charge in [0.1, 0.15) is 23.2 Å². The number of halogens is 1. The van der Waals surface area contributed by atoms with E-state index in [0.29, 0.717) is 41.6 Å². The summed E-state index contributed by atoms with van der Waals surface area (Å²) in [5.74, 6) is -1.81. The van der Waals surface area contributed by atoms with Gasteiger partial charge in [0, 0.05) is 69.2 Å². The molecule has 0 bridgehead atoms. The van der Waals surface area contributed by atoms with Gasteiger partial charge in [0.05, 0.1) is 48.2 Å². The molecular formula is C39H42FN11O6. The Kier molecular flexibility index (Phi) is 9.89. The van der Waals surface area contributed by atoms with Crippen LogP contribution in [0.15, 0.2) is 61.3 Å². The number of carbonyl (C=O) groups excluding carboxylic acids is 5. The molecule has 57 heavy (non-hydrogen) atoms. The van der Waals surface area contributed by atoms with Crippen LogP contribution in [-0.4, -0.2) is 119 Å². The summed E-state index contributed by atoms with van der Waals surface area (Å²) in [6.45, 7) is 6.96. The zero-order chi connectivity index (χ0) is 40.0. The molecule has 8 rings (SSSR count). The van der Waals surface area contributed by atoms with Crippen LogP contribution in [0.2, 0.25) is 0 Å². The Morgan fingerprint density at radius 3 is 2.58 bits per heavy atom. The molecule has 5 aromatic rings. The van der Waals surface area contributed by atoms with Gasteiger partial charge >= 0.3 is 0 Å². The summed E-state index contributed by atoms with van der Waals surface area (Å²) >= 11 is 0. The number of anilines is 2. The van der Waals surface area contributed by atoms with Crippen LogP contribution in [0, 0.1) is 0 Å². The molecular weight excluding hydrogens is 737 g/mol. The molecule has 0 aliphatic carbocycles. The molecule has 5 amide bonds. The minimum atomic E-state index is -1.44. The molecule has 3 fully saturated rings. The van der Waals surface area contributed by atoms with E-state index in [9.17, 15) is 24.0 Å². The number of imide groups is 2. The molecule has 1 atom stereocenters. The molecule has 0 spiro atoms. The smallest absolute Gasteiger partial charge is 0.262 e. The van der Waals surface area contributed by atoms with Crippen LogP contribution in [0.1, 0.15) is 73.2 Å². The van der Waals surface area contributed by atoms with Crippen LogP contribution in [0.4, 0.5) is 15.9 Å². The number of hydrogen-bond donors (Lipinski definition) is 2. The fraction of sp³-hybridized carbons (Fsp3) is 0.410. The van der Waals surface area contributed by atoms with Crippen LogP contribution in [0.3, 0.4) is 0 Å². The number of piperidine rings is 2. The van der Waals surface area contributed by atoms with Gasteiger partial charge in [-0.05, 0) is 57.4 Å². The maximum absolute atomic E-state index is 15.9. The highest BCUT2D eigenvalue weighted by Crippen LogP contribution is 2.35. The molecule has 296 valence electrons. The Bertz CT molecular complexity index is 2380. The number of fused-ring (bicyclic) bond motifs is 2. The average Bonchev–Trinajstić information content (AvgIpc) is 3.79. The van der Waals surface area contributed by atoms with Crippen LogP contribution in [0.25, 0.3) is 16.6 Å². The molecule has 17 nitrogen and oxygen atoms in total. The summed E-state index contributed by atoms with van der Waals surface area (Å²) in [5.41, 5.74) is 0.697. The first kappa shape index (κ1) is 37.6. The van der Waals surface area contributed by atoms with Crippen LogP contribution in [-0.2, 0) is 14.4 Å². The van der Waals surface area contributed by atoms with E-state index in [1.54, 1.807) is 33.9 Å². The number of amides is 5. The molecule has 1 unspecified atom stereocenters. The molecule has 1 aromatic carbocycles. The molecule has 0 radical (unpaired) electrons. The summed E-state index contributed by atoms with van der Waals surface area (Å²) in [6, 6.07) is 7.57. The first-order valence-corrected chi connectivity index (χ1v) is 18.9. The van der Waals surface area contributed by atoms with Crippen LogP contribution in [0.5, 0.6) is 5.75 Å². The second kappa shape index (κ2) is 15.0. The van der Waals surface area contributed by atoms with Gasteiger partial charge in [-0.2, -0.15) is 10.2 Å². The highest BCUT2D eigenvalue weighted by molar-refractivity contribution is 6.10. The number of nitrogens with one attached hydrogen (secondary N) is 2. The molecule has 3 aliphatic heterocycles. The maximum atomic E-state index is 15.9. The monoisotopic (exact) mass is 779 g/mol. The van der Waals surface area contributed by atoms with E-state index in [4.69, 9.17) is 9.84 Å². The molecule has 4 aromatic heterocycles. The quantitative estimate of drug-likeness (QED) is 0.197. The number of likely N-dealkylation sites (tertiary alicyclic amines) is 1. The van der Waals surface area contributed by atoms with Crippen LogP contribution >= 0.6 is 0 Å². The van der Waals surface area contributed by atoms with Crippen molar-refractivity contribution in [3.8, 4) is 5.75 Å². The van der Waals surface area contributed by atoms with Crippen molar-refractivity contribution in [2.24, 2.45) is 0 Å². The van der Waals surface area contributed by atoms with Crippen molar-refractivity contribution in [1.82, 2.24) is 44.5 Å². The summed E-state index contributed by atoms with van der Waals surface area (Å²) in [6.07, 6.45) is 9.60. The Labute approximate surface area is 326 Å². The van der Waals surface area contributed by atoms with Crippen molar-refractivity contribution < 1.29 is 33.1 Å². The highest BCUT2D eigenvalue weighted by Gasteiger charge is 2.46. The van der Waals surface area contributed by atoms with Crippen molar-refractivity contribution in [3.05, 3.63) is 72.4 Å². The van der Waals surface area contributed by atoms with Gasteiger partial charge in [-0.3, -0.25) is 43.8 Å². The first-order chi connectivity index (χ1) is 27.3. The number of benzene rings is 1. The summed E-state index contributed by atoms with van der Waals surface area (Å²) in [4.78, 5) is 76.3. The Hall–Kier alpha value is -6.30. The molecule has 18 heteroatoms. The van der Waals surface area contributed by atoms with Gasteiger partial charge in [-0.1, -0.05) is 0 Å². The normalized spacial score (nSPS) is 18.8. The Morgan fingerprint density at radius 2 is 1.88 bits per heavy atom. The van der Waals surface area contributed by atoms with E-state index in [0.717, 1.165) is 28.6 Å². The van der Waals surface area contributed by atoms with Gasteiger partial charge in [0.15, 0.2) is 11.3 Å². The lowest BCUT2D eigenvalue weighted by Crippen LogP contribution is -2.64. The molecule has 0 saturated carbocycles. The van der Waals surface area contributed by atoms with Crippen molar-refractivity contribution in [2.45, 2.75) is 70.3 Å². The molecule has 3 saturated heterocycles.